The molecule has 27 heavy (non-hydrogen) atoms. The lowest BCUT2D eigenvalue weighted by Gasteiger charge is -2.09. The Morgan fingerprint density at radius 3 is 2.59 bits per heavy atom. The van der Waals surface area contributed by atoms with Crippen LogP contribution in [0.15, 0.2) is 59.0 Å². The molecule has 0 saturated heterocycles. The number of rotatable bonds is 6. The van der Waals surface area contributed by atoms with Crippen LogP contribution in [0.3, 0.4) is 0 Å². The number of hydrogen-bond acceptors (Lipinski definition) is 4. The van der Waals surface area contributed by atoms with E-state index in [0.29, 0.717) is 30.0 Å². The number of amides is 1. The number of carbonyl (C=O) groups is 1. The highest BCUT2D eigenvalue weighted by molar-refractivity contribution is 5.91. The Morgan fingerprint density at radius 2 is 1.89 bits per heavy atom. The number of para-hydroxylation sites is 2. The molecule has 1 N–H and O–H groups in total. The van der Waals surface area contributed by atoms with Crippen molar-refractivity contribution < 1.29 is 27.1 Å². The average molecular weight is 376 g/mol. The first-order chi connectivity index (χ1) is 12.9. The molecular weight excluding hydrogens is 361 g/mol. The first-order valence-electron chi connectivity index (χ1n) is 8.05. The highest BCUT2D eigenvalue weighted by Crippen LogP contribution is 2.22. The van der Waals surface area contributed by atoms with Crippen molar-refractivity contribution in [1.29, 1.82) is 0 Å². The van der Waals surface area contributed by atoms with Crippen LogP contribution in [-0.4, -0.2) is 23.8 Å². The molecule has 0 unspecified atom stereocenters. The summed E-state index contributed by atoms with van der Waals surface area (Å²) in [5, 5.41) is 2.68. The second-order valence-electron chi connectivity index (χ2n) is 5.59. The first kappa shape index (κ1) is 18.5. The number of halogens is 3. The molecule has 0 aliphatic heterocycles. The van der Waals surface area contributed by atoms with Crippen LogP contribution in [0.25, 0.3) is 17.2 Å². The van der Waals surface area contributed by atoms with E-state index < -0.39 is 6.36 Å². The normalized spacial score (nSPS) is 11.8. The van der Waals surface area contributed by atoms with Crippen molar-refractivity contribution >= 4 is 23.1 Å². The molecule has 1 amide bonds. The molecule has 0 aliphatic carbocycles. The summed E-state index contributed by atoms with van der Waals surface area (Å²) < 4.78 is 45.6. The molecule has 5 nitrogen and oxygen atoms in total. The van der Waals surface area contributed by atoms with Gasteiger partial charge in [-0.15, -0.1) is 13.2 Å². The van der Waals surface area contributed by atoms with Crippen molar-refractivity contribution in [3.63, 3.8) is 0 Å². The predicted molar refractivity (Wildman–Crippen MR) is 92.9 cm³/mol. The second kappa shape index (κ2) is 7.94. The maximum Gasteiger partial charge on any atom is 0.573 e. The van der Waals surface area contributed by atoms with Gasteiger partial charge < -0.3 is 14.5 Å². The smallest absolute Gasteiger partial charge is 0.437 e. The van der Waals surface area contributed by atoms with Gasteiger partial charge in [0.15, 0.2) is 5.58 Å². The third-order valence-electron chi connectivity index (χ3n) is 3.56. The van der Waals surface area contributed by atoms with Crippen molar-refractivity contribution in [3.8, 4) is 5.75 Å². The fraction of sp³-hybridized carbons (Fsp3) is 0.158. The van der Waals surface area contributed by atoms with Crippen LogP contribution in [0.5, 0.6) is 5.75 Å². The number of nitrogens with zero attached hydrogens (tertiary/aromatic N) is 1. The van der Waals surface area contributed by atoms with E-state index in [-0.39, 0.29) is 11.7 Å². The Hall–Kier alpha value is -3.29. The van der Waals surface area contributed by atoms with Crippen LogP contribution in [0.2, 0.25) is 0 Å². The monoisotopic (exact) mass is 376 g/mol. The predicted octanol–water partition coefficient (Wildman–Crippen LogP) is 4.10. The van der Waals surface area contributed by atoms with Crippen LogP contribution in [0.4, 0.5) is 13.2 Å². The zero-order valence-corrected chi connectivity index (χ0v) is 14.0. The van der Waals surface area contributed by atoms with Gasteiger partial charge in [-0.2, -0.15) is 0 Å². The number of nitrogens with one attached hydrogen (secondary N) is 1. The van der Waals surface area contributed by atoms with Gasteiger partial charge in [0.1, 0.15) is 11.3 Å². The largest absolute Gasteiger partial charge is 0.573 e. The van der Waals surface area contributed by atoms with E-state index in [1.807, 2.05) is 12.1 Å². The minimum absolute atomic E-state index is 0.281. The lowest BCUT2D eigenvalue weighted by atomic mass is 10.1. The number of oxazole rings is 1. The lowest BCUT2D eigenvalue weighted by Crippen LogP contribution is -2.23. The molecule has 0 aliphatic rings. The van der Waals surface area contributed by atoms with Gasteiger partial charge in [0.25, 0.3) is 0 Å². The molecule has 3 rings (SSSR count). The highest BCUT2D eigenvalue weighted by Gasteiger charge is 2.30. The number of alkyl halides is 3. The number of hydrogen-bond donors (Lipinski definition) is 1. The standard InChI is InChI=1S/C19H15F3N2O3/c20-19(21,22)27-14-7-5-13(6-8-14)11-12-23-17(25)9-10-18-24-15-3-1-2-4-16(15)26-18/h1-10H,11-12H2,(H,23,25)/b10-9+. The number of fused-ring (bicyclic) bond motifs is 1. The molecule has 0 saturated carbocycles. The van der Waals surface area contributed by atoms with E-state index in [1.54, 1.807) is 12.1 Å². The lowest BCUT2D eigenvalue weighted by molar-refractivity contribution is -0.274. The Kier molecular flexibility index (Phi) is 5.44. The van der Waals surface area contributed by atoms with Gasteiger partial charge >= 0.3 is 6.36 Å². The van der Waals surface area contributed by atoms with E-state index in [1.165, 1.54) is 36.4 Å². The molecule has 0 bridgehead atoms. The minimum Gasteiger partial charge on any atom is -0.437 e. The van der Waals surface area contributed by atoms with Gasteiger partial charge in [-0.3, -0.25) is 4.79 Å². The number of aromatic nitrogens is 1. The van der Waals surface area contributed by atoms with Crippen LogP contribution in [0.1, 0.15) is 11.5 Å². The molecule has 8 heteroatoms. The van der Waals surface area contributed by atoms with Crippen molar-refractivity contribution in [3.05, 3.63) is 66.1 Å². The van der Waals surface area contributed by atoms with Gasteiger partial charge in [0.05, 0.1) is 0 Å². The summed E-state index contributed by atoms with van der Waals surface area (Å²) in [6.07, 6.45) is -1.46. The maximum absolute atomic E-state index is 12.1. The molecule has 140 valence electrons. The van der Waals surface area contributed by atoms with E-state index in [9.17, 15) is 18.0 Å². The summed E-state index contributed by atoms with van der Waals surface area (Å²) in [4.78, 5) is 16.0. The Labute approximate surface area is 152 Å². The number of benzene rings is 2. The van der Waals surface area contributed by atoms with Crippen LogP contribution in [0, 0.1) is 0 Å². The molecule has 1 aromatic heterocycles. The summed E-state index contributed by atoms with van der Waals surface area (Å²) in [7, 11) is 0. The molecule has 0 atom stereocenters. The Balaban J connectivity index is 1.46. The molecule has 0 radical (unpaired) electrons. The maximum atomic E-state index is 12.1. The summed E-state index contributed by atoms with van der Waals surface area (Å²) in [5.74, 6) is -0.280. The Morgan fingerprint density at radius 1 is 1.15 bits per heavy atom. The summed E-state index contributed by atoms with van der Waals surface area (Å²) in [6, 6.07) is 12.8. The van der Waals surface area contributed by atoms with Gasteiger partial charge in [-0.25, -0.2) is 4.98 Å². The van der Waals surface area contributed by atoms with Gasteiger partial charge in [0, 0.05) is 18.7 Å². The fourth-order valence-electron chi connectivity index (χ4n) is 2.36. The average Bonchev–Trinajstić information content (AvgIpc) is 3.03. The number of ether oxygens (including phenoxy) is 1. The number of carbonyl (C=O) groups excluding carboxylic acids is 1. The SMILES string of the molecule is O=C(/C=C/c1nc2ccccc2o1)NCCc1ccc(OC(F)(F)F)cc1. The summed E-state index contributed by atoms with van der Waals surface area (Å²) in [6.45, 7) is 0.330. The van der Waals surface area contributed by atoms with Crippen LogP contribution in [-0.2, 0) is 11.2 Å². The third-order valence-corrected chi connectivity index (χ3v) is 3.56. The van der Waals surface area contributed by atoms with Crippen LogP contribution < -0.4 is 10.1 Å². The highest BCUT2D eigenvalue weighted by atomic mass is 19.4. The van der Waals surface area contributed by atoms with Gasteiger partial charge in [-0.1, -0.05) is 24.3 Å². The molecule has 0 fully saturated rings. The minimum atomic E-state index is -4.71. The van der Waals surface area contributed by atoms with E-state index >= 15 is 0 Å². The molecule has 1 heterocycles. The van der Waals surface area contributed by atoms with Crippen LogP contribution >= 0.6 is 0 Å². The zero-order chi connectivity index (χ0) is 19.3. The second-order valence-corrected chi connectivity index (χ2v) is 5.59. The van der Waals surface area contributed by atoms with Crippen molar-refractivity contribution in [2.24, 2.45) is 0 Å². The molecule has 2 aromatic carbocycles. The summed E-state index contributed by atoms with van der Waals surface area (Å²) >= 11 is 0. The third kappa shape index (κ3) is 5.60. The van der Waals surface area contributed by atoms with E-state index in [4.69, 9.17) is 4.42 Å². The molecule has 0 spiro atoms. The van der Waals surface area contributed by atoms with Crippen molar-refractivity contribution in [2.45, 2.75) is 12.8 Å². The Bertz CT molecular complexity index is 914. The molecular formula is C19H15F3N2O3. The van der Waals surface area contributed by atoms with E-state index in [2.05, 4.69) is 15.0 Å². The zero-order valence-electron chi connectivity index (χ0n) is 14.0. The van der Waals surface area contributed by atoms with Gasteiger partial charge in [-0.05, 0) is 36.2 Å². The van der Waals surface area contributed by atoms with Crippen molar-refractivity contribution in [1.82, 2.24) is 10.3 Å². The summed E-state index contributed by atoms with van der Waals surface area (Å²) in [5.41, 5.74) is 2.11. The van der Waals surface area contributed by atoms with E-state index in [0.717, 1.165) is 5.56 Å². The van der Waals surface area contributed by atoms with Gasteiger partial charge in [0.2, 0.25) is 11.8 Å². The van der Waals surface area contributed by atoms with Crippen molar-refractivity contribution in [2.75, 3.05) is 6.54 Å². The first-order valence-corrected chi connectivity index (χ1v) is 8.05. The fourth-order valence-corrected chi connectivity index (χ4v) is 2.36. The quantitative estimate of drug-likeness (QED) is 0.658. The topological polar surface area (TPSA) is 64.4 Å². The molecule has 3 aromatic rings.